The number of hydrogen-bond acceptors (Lipinski definition) is 5. The van der Waals surface area contributed by atoms with Crippen molar-refractivity contribution in [2.24, 2.45) is 0 Å². The Morgan fingerprint density at radius 3 is 2.68 bits per heavy atom. The largest absolute Gasteiger partial charge is 0.361 e. The van der Waals surface area contributed by atoms with Crippen LogP contribution in [0.2, 0.25) is 0 Å². The number of amides is 1. The van der Waals surface area contributed by atoms with Crippen LogP contribution in [0, 0.1) is 0 Å². The van der Waals surface area contributed by atoms with Gasteiger partial charge in [0.2, 0.25) is 10.0 Å². The molecule has 2 heterocycles. The third-order valence-electron chi connectivity index (χ3n) is 6.32. The highest BCUT2D eigenvalue weighted by Crippen LogP contribution is 2.26. The van der Waals surface area contributed by atoms with Crippen LogP contribution in [-0.4, -0.2) is 54.9 Å². The lowest BCUT2D eigenvalue weighted by Gasteiger charge is -2.32. The van der Waals surface area contributed by atoms with Crippen LogP contribution < -0.4 is 0 Å². The van der Waals surface area contributed by atoms with Crippen LogP contribution in [0.1, 0.15) is 48.7 Å². The van der Waals surface area contributed by atoms with Crippen LogP contribution >= 0.6 is 0 Å². The van der Waals surface area contributed by atoms with Gasteiger partial charge in [0, 0.05) is 49.8 Å². The van der Waals surface area contributed by atoms with Crippen molar-refractivity contribution >= 4 is 15.9 Å². The summed E-state index contributed by atoms with van der Waals surface area (Å²) < 4.78 is 33.3. The minimum atomic E-state index is -3.62. The van der Waals surface area contributed by atoms with Gasteiger partial charge < -0.3 is 9.42 Å². The van der Waals surface area contributed by atoms with E-state index in [9.17, 15) is 13.2 Å². The van der Waals surface area contributed by atoms with E-state index in [0.29, 0.717) is 31.5 Å². The summed E-state index contributed by atoms with van der Waals surface area (Å²) in [5.41, 5.74) is 2.17. The molecule has 34 heavy (non-hydrogen) atoms. The van der Waals surface area contributed by atoms with Gasteiger partial charge in [-0.05, 0) is 44.4 Å². The van der Waals surface area contributed by atoms with Crippen LogP contribution in [0.5, 0.6) is 0 Å². The molecule has 1 saturated heterocycles. The number of carbonyl (C=O) groups is 1. The fourth-order valence-corrected chi connectivity index (χ4v) is 6.09. The number of piperidine rings is 1. The minimum Gasteiger partial charge on any atom is -0.361 e. The molecule has 0 spiro atoms. The zero-order valence-corrected chi connectivity index (χ0v) is 20.5. The summed E-state index contributed by atoms with van der Waals surface area (Å²) in [7, 11) is -1.90. The van der Waals surface area contributed by atoms with Gasteiger partial charge in [0.15, 0.2) is 0 Å². The molecule has 7 nitrogen and oxygen atoms in total. The number of benzene rings is 2. The van der Waals surface area contributed by atoms with E-state index in [1.165, 1.54) is 6.07 Å². The molecule has 3 aromatic rings. The molecular weight excluding hydrogens is 450 g/mol. The second-order valence-corrected chi connectivity index (χ2v) is 10.8. The summed E-state index contributed by atoms with van der Waals surface area (Å²) in [5, 5.41) is 4.13. The standard InChI is InChI=1S/C26H31N3O4S/c1-20-10-6-7-17-29(20)34(31,32)24-15-8-13-22(18-24)26(30)28(2)16-9-14-23-19-25(27-33-23)21-11-4-3-5-12-21/h3-5,8,11-13,15,18-20H,6-7,9-10,14,16-17H2,1-2H3. The summed E-state index contributed by atoms with van der Waals surface area (Å²) in [5.74, 6) is 0.565. The average molecular weight is 482 g/mol. The zero-order chi connectivity index (χ0) is 24.1. The van der Waals surface area contributed by atoms with Crippen LogP contribution in [0.4, 0.5) is 0 Å². The van der Waals surface area contributed by atoms with Crippen molar-refractivity contribution in [3.8, 4) is 11.3 Å². The summed E-state index contributed by atoms with van der Waals surface area (Å²) >= 11 is 0. The summed E-state index contributed by atoms with van der Waals surface area (Å²) in [4.78, 5) is 14.8. The third kappa shape index (κ3) is 5.39. The van der Waals surface area contributed by atoms with E-state index in [-0.39, 0.29) is 16.8 Å². The Bertz CT molecular complexity index is 1220. The Morgan fingerprint density at radius 2 is 1.91 bits per heavy atom. The molecule has 2 aromatic carbocycles. The van der Waals surface area contributed by atoms with E-state index in [4.69, 9.17) is 4.52 Å². The van der Waals surface area contributed by atoms with Crippen LogP contribution in [-0.2, 0) is 16.4 Å². The number of sulfonamides is 1. The maximum atomic E-state index is 13.2. The third-order valence-corrected chi connectivity index (χ3v) is 8.33. The van der Waals surface area contributed by atoms with E-state index < -0.39 is 10.0 Å². The number of aromatic nitrogens is 1. The van der Waals surface area contributed by atoms with E-state index in [1.54, 1.807) is 34.5 Å². The number of nitrogens with zero attached hydrogens (tertiary/aromatic N) is 3. The van der Waals surface area contributed by atoms with Crippen molar-refractivity contribution in [1.82, 2.24) is 14.4 Å². The van der Waals surface area contributed by atoms with Crippen molar-refractivity contribution in [3.05, 3.63) is 72.0 Å². The van der Waals surface area contributed by atoms with E-state index in [0.717, 1.165) is 36.3 Å². The Labute approximate surface area is 201 Å². The molecule has 180 valence electrons. The Balaban J connectivity index is 1.36. The number of hydrogen-bond donors (Lipinski definition) is 0. The topological polar surface area (TPSA) is 83.7 Å². The van der Waals surface area contributed by atoms with Gasteiger partial charge in [-0.2, -0.15) is 4.31 Å². The maximum absolute atomic E-state index is 13.2. The minimum absolute atomic E-state index is 0.0284. The Hall–Kier alpha value is -2.97. The molecule has 1 amide bonds. The summed E-state index contributed by atoms with van der Waals surface area (Å²) in [6, 6.07) is 18.1. The number of aryl methyl sites for hydroxylation is 1. The van der Waals surface area contributed by atoms with Crippen molar-refractivity contribution in [2.45, 2.75) is 50.0 Å². The predicted molar refractivity (Wildman–Crippen MR) is 131 cm³/mol. The van der Waals surface area contributed by atoms with Crippen molar-refractivity contribution in [2.75, 3.05) is 20.1 Å². The van der Waals surface area contributed by atoms with Gasteiger partial charge in [-0.15, -0.1) is 0 Å². The predicted octanol–water partition coefficient (Wildman–Crippen LogP) is 4.61. The van der Waals surface area contributed by atoms with Gasteiger partial charge in [-0.3, -0.25) is 4.79 Å². The molecule has 0 N–H and O–H groups in total. The van der Waals surface area contributed by atoms with E-state index in [1.807, 2.05) is 43.3 Å². The van der Waals surface area contributed by atoms with Gasteiger partial charge in [0.1, 0.15) is 11.5 Å². The van der Waals surface area contributed by atoms with Crippen molar-refractivity contribution < 1.29 is 17.7 Å². The first-order valence-electron chi connectivity index (χ1n) is 11.7. The Kier molecular flexibility index (Phi) is 7.48. The molecule has 0 radical (unpaired) electrons. The first-order valence-corrected chi connectivity index (χ1v) is 13.2. The van der Waals surface area contributed by atoms with E-state index >= 15 is 0 Å². The van der Waals surface area contributed by atoms with Gasteiger partial charge in [0.05, 0.1) is 4.90 Å². The zero-order valence-electron chi connectivity index (χ0n) is 19.7. The van der Waals surface area contributed by atoms with E-state index in [2.05, 4.69) is 5.16 Å². The molecule has 0 saturated carbocycles. The molecule has 1 unspecified atom stereocenters. The fourth-order valence-electron chi connectivity index (χ4n) is 4.34. The second kappa shape index (κ2) is 10.5. The number of carbonyl (C=O) groups excluding carboxylic acids is 1. The first-order chi connectivity index (χ1) is 16.4. The molecule has 0 aliphatic carbocycles. The smallest absolute Gasteiger partial charge is 0.253 e. The highest BCUT2D eigenvalue weighted by atomic mass is 32.2. The van der Waals surface area contributed by atoms with Crippen molar-refractivity contribution in [3.63, 3.8) is 0 Å². The highest BCUT2D eigenvalue weighted by Gasteiger charge is 2.31. The number of rotatable bonds is 8. The SMILES string of the molecule is CC1CCCCN1S(=O)(=O)c1cccc(C(=O)N(C)CCCc2cc(-c3ccccc3)no2)c1. The van der Waals surface area contributed by atoms with Crippen LogP contribution in [0.15, 0.2) is 70.1 Å². The highest BCUT2D eigenvalue weighted by molar-refractivity contribution is 7.89. The lowest BCUT2D eigenvalue weighted by Crippen LogP contribution is -2.42. The lowest BCUT2D eigenvalue weighted by atomic mass is 10.1. The van der Waals surface area contributed by atoms with Crippen molar-refractivity contribution in [1.29, 1.82) is 0 Å². The molecular formula is C26H31N3O4S. The van der Waals surface area contributed by atoms with Gasteiger partial charge >= 0.3 is 0 Å². The van der Waals surface area contributed by atoms with Gasteiger partial charge in [0.25, 0.3) is 5.91 Å². The van der Waals surface area contributed by atoms with Crippen LogP contribution in [0.3, 0.4) is 0 Å². The first kappa shape index (κ1) is 24.2. The summed E-state index contributed by atoms with van der Waals surface area (Å²) in [6.07, 6.45) is 4.12. The molecule has 0 bridgehead atoms. The molecule has 1 aliphatic heterocycles. The Morgan fingerprint density at radius 1 is 1.12 bits per heavy atom. The average Bonchev–Trinajstić information content (AvgIpc) is 3.33. The maximum Gasteiger partial charge on any atom is 0.253 e. The normalized spacial score (nSPS) is 16.9. The van der Waals surface area contributed by atoms with Gasteiger partial charge in [-0.25, -0.2) is 8.42 Å². The quantitative estimate of drug-likeness (QED) is 0.469. The molecule has 1 aromatic heterocycles. The molecule has 8 heteroatoms. The fraction of sp³-hybridized carbons (Fsp3) is 0.385. The van der Waals surface area contributed by atoms with Crippen LogP contribution in [0.25, 0.3) is 11.3 Å². The van der Waals surface area contributed by atoms with Gasteiger partial charge in [-0.1, -0.05) is 48.0 Å². The molecule has 1 atom stereocenters. The monoisotopic (exact) mass is 481 g/mol. The second-order valence-electron chi connectivity index (χ2n) is 8.86. The molecule has 1 fully saturated rings. The molecule has 4 rings (SSSR count). The lowest BCUT2D eigenvalue weighted by molar-refractivity contribution is 0.0792. The molecule has 1 aliphatic rings. The summed E-state index contributed by atoms with van der Waals surface area (Å²) in [6.45, 7) is 2.98.